The lowest BCUT2D eigenvalue weighted by Gasteiger charge is -2.18. The molecule has 1 aliphatic rings. The van der Waals surface area contributed by atoms with Crippen LogP contribution in [0, 0.1) is 10.1 Å². The summed E-state index contributed by atoms with van der Waals surface area (Å²) in [5.41, 5.74) is 1.31. The number of nitrogens with zero attached hydrogens (tertiary/aromatic N) is 1. The number of aliphatic hydroxyl groups excluding tert-OH is 1. The van der Waals surface area contributed by atoms with Crippen molar-refractivity contribution in [2.75, 3.05) is 0 Å². The second-order valence-electron chi connectivity index (χ2n) is 3.20. The Labute approximate surface area is 80.6 Å². The molecule has 0 amide bonds. The summed E-state index contributed by atoms with van der Waals surface area (Å²) in [5, 5.41) is 20.0. The van der Waals surface area contributed by atoms with Crippen LogP contribution in [-0.2, 0) is 0 Å². The summed E-state index contributed by atoms with van der Waals surface area (Å²) < 4.78 is 0. The van der Waals surface area contributed by atoms with Gasteiger partial charge in [0.15, 0.2) is 0 Å². The summed E-state index contributed by atoms with van der Waals surface area (Å²) >= 11 is 0. The van der Waals surface area contributed by atoms with E-state index in [0.29, 0.717) is 17.6 Å². The number of aliphatic hydroxyl groups is 1. The number of allylic oxidation sites excluding steroid dienone is 2. The molecule has 1 aliphatic carbocycles. The number of hydrogen-bond donors (Lipinski definition) is 1. The quantitative estimate of drug-likeness (QED) is 0.577. The first-order valence-corrected chi connectivity index (χ1v) is 4.35. The van der Waals surface area contributed by atoms with Crippen molar-refractivity contribution < 1.29 is 10.0 Å². The first kappa shape index (κ1) is 8.74. The zero-order valence-electron chi connectivity index (χ0n) is 7.43. The van der Waals surface area contributed by atoms with Crippen LogP contribution in [0.1, 0.15) is 18.4 Å². The molecule has 0 unspecified atom stereocenters. The van der Waals surface area contributed by atoms with Crippen molar-refractivity contribution in [2.24, 2.45) is 0 Å². The van der Waals surface area contributed by atoms with Gasteiger partial charge in [-0.15, -0.1) is 0 Å². The fraction of sp³-hybridized carbons (Fsp3) is 0.200. The van der Waals surface area contributed by atoms with E-state index >= 15 is 0 Å². The Bertz CT molecular complexity index is 423. The Morgan fingerprint density at radius 1 is 1.29 bits per heavy atom. The monoisotopic (exact) mass is 191 g/mol. The van der Waals surface area contributed by atoms with Crippen LogP contribution in [0.25, 0.3) is 5.57 Å². The van der Waals surface area contributed by atoms with Crippen LogP contribution in [-0.4, -0.2) is 10.0 Å². The Kier molecular flexibility index (Phi) is 1.96. The van der Waals surface area contributed by atoms with E-state index in [9.17, 15) is 15.2 Å². The van der Waals surface area contributed by atoms with Crippen LogP contribution < -0.4 is 0 Å². The summed E-state index contributed by atoms with van der Waals surface area (Å²) in [7, 11) is 0. The van der Waals surface area contributed by atoms with E-state index in [4.69, 9.17) is 0 Å². The summed E-state index contributed by atoms with van der Waals surface area (Å²) in [6.07, 6.45) is 1.35. The first-order chi connectivity index (χ1) is 6.70. The Morgan fingerprint density at radius 3 is 2.50 bits per heavy atom. The van der Waals surface area contributed by atoms with Crippen molar-refractivity contribution in [3.63, 3.8) is 0 Å². The van der Waals surface area contributed by atoms with Gasteiger partial charge in [-0.2, -0.15) is 0 Å². The van der Waals surface area contributed by atoms with Crippen LogP contribution in [0.2, 0.25) is 0 Å². The number of nitro benzene ring substituents is 1. The zero-order chi connectivity index (χ0) is 10.1. The van der Waals surface area contributed by atoms with E-state index in [2.05, 4.69) is 0 Å². The summed E-state index contributed by atoms with van der Waals surface area (Å²) in [6.45, 7) is 0. The molecular weight excluding hydrogens is 182 g/mol. The third-order valence-corrected chi connectivity index (χ3v) is 2.39. The molecular formula is C10H9NO3. The maximum atomic E-state index is 10.7. The van der Waals surface area contributed by atoms with Gasteiger partial charge in [0, 0.05) is 18.1 Å². The second kappa shape index (κ2) is 3.14. The van der Waals surface area contributed by atoms with E-state index < -0.39 is 4.92 Å². The maximum absolute atomic E-state index is 10.7. The SMILES string of the molecule is O=[N+]([O-])c1ccccc1C1=C(O)CC1. The molecule has 0 heterocycles. The molecule has 0 bridgehead atoms. The van der Waals surface area contributed by atoms with Crippen LogP contribution in [0.15, 0.2) is 30.0 Å². The van der Waals surface area contributed by atoms with Gasteiger partial charge in [0.05, 0.1) is 16.2 Å². The lowest BCUT2D eigenvalue weighted by atomic mass is 9.89. The van der Waals surface area contributed by atoms with Crippen molar-refractivity contribution >= 4 is 11.3 Å². The third-order valence-electron chi connectivity index (χ3n) is 2.39. The molecule has 0 radical (unpaired) electrons. The van der Waals surface area contributed by atoms with E-state index in [1.165, 1.54) is 6.07 Å². The van der Waals surface area contributed by atoms with Gasteiger partial charge in [-0.05, 0) is 12.5 Å². The average Bonchev–Trinajstić information content (AvgIpc) is 2.16. The number of rotatable bonds is 2. The van der Waals surface area contributed by atoms with E-state index in [0.717, 1.165) is 6.42 Å². The molecule has 0 atom stereocenters. The highest BCUT2D eigenvalue weighted by Gasteiger charge is 2.24. The minimum absolute atomic E-state index is 0.0637. The minimum Gasteiger partial charge on any atom is -0.512 e. The highest BCUT2D eigenvalue weighted by Crippen LogP contribution is 2.38. The summed E-state index contributed by atoms with van der Waals surface area (Å²) in [5.74, 6) is 0.277. The van der Waals surface area contributed by atoms with Gasteiger partial charge < -0.3 is 5.11 Å². The van der Waals surface area contributed by atoms with Crippen LogP contribution in [0.5, 0.6) is 0 Å². The largest absolute Gasteiger partial charge is 0.512 e. The molecule has 0 saturated carbocycles. The minimum atomic E-state index is -0.423. The van der Waals surface area contributed by atoms with Crippen LogP contribution in [0.3, 0.4) is 0 Å². The highest BCUT2D eigenvalue weighted by atomic mass is 16.6. The molecule has 4 nitrogen and oxygen atoms in total. The van der Waals surface area contributed by atoms with Gasteiger partial charge in [0.1, 0.15) is 0 Å². The topological polar surface area (TPSA) is 63.4 Å². The molecule has 1 aromatic carbocycles. The van der Waals surface area contributed by atoms with E-state index in [-0.39, 0.29) is 11.4 Å². The zero-order valence-corrected chi connectivity index (χ0v) is 7.43. The predicted octanol–water partition coefficient (Wildman–Crippen LogP) is 2.66. The second-order valence-corrected chi connectivity index (χ2v) is 3.20. The molecule has 0 fully saturated rings. The van der Waals surface area contributed by atoms with Gasteiger partial charge in [-0.25, -0.2) is 0 Å². The predicted molar refractivity (Wildman–Crippen MR) is 51.9 cm³/mol. The Hall–Kier alpha value is -1.84. The summed E-state index contributed by atoms with van der Waals surface area (Å²) in [6, 6.07) is 6.48. The van der Waals surface area contributed by atoms with Gasteiger partial charge in [0.2, 0.25) is 0 Å². The molecule has 1 aromatic rings. The maximum Gasteiger partial charge on any atom is 0.276 e. The molecule has 14 heavy (non-hydrogen) atoms. The van der Waals surface area contributed by atoms with Crippen molar-refractivity contribution in [3.05, 3.63) is 45.7 Å². The standard InChI is InChI=1S/C10H9NO3/c12-10-6-5-8(10)7-3-1-2-4-9(7)11(13)14/h1-4,12H,5-6H2. The smallest absolute Gasteiger partial charge is 0.276 e. The lowest BCUT2D eigenvalue weighted by molar-refractivity contribution is -0.385. The first-order valence-electron chi connectivity index (χ1n) is 4.35. The lowest BCUT2D eigenvalue weighted by Crippen LogP contribution is -2.04. The molecule has 0 spiro atoms. The molecule has 4 heteroatoms. The number of benzene rings is 1. The Balaban J connectivity index is 2.53. The van der Waals surface area contributed by atoms with Gasteiger partial charge in [-0.1, -0.05) is 12.1 Å². The van der Waals surface area contributed by atoms with Crippen molar-refractivity contribution in [1.82, 2.24) is 0 Å². The van der Waals surface area contributed by atoms with Gasteiger partial charge in [-0.3, -0.25) is 10.1 Å². The molecule has 0 saturated heterocycles. The van der Waals surface area contributed by atoms with Crippen LogP contribution >= 0.6 is 0 Å². The van der Waals surface area contributed by atoms with Crippen LogP contribution in [0.4, 0.5) is 5.69 Å². The number of nitro groups is 1. The summed E-state index contributed by atoms with van der Waals surface area (Å²) in [4.78, 5) is 10.3. The average molecular weight is 191 g/mol. The number of para-hydroxylation sites is 1. The molecule has 72 valence electrons. The normalized spacial score (nSPS) is 15.1. The van der Waals surface area contributed by atoms with E-state index in [1.807, 2.05) is 0 Å². The molecule has 1 N–H and O–H groups in total. The number of hydrogen-bond acceptors (Lipinski definition) is 3. The molecule has 2 rings (SSSR count). The van der Waals surface area contributed by atoms with Crippen molar-refractivity contribution in [2.45, 2.75) is 12.8 Å². The van der Waals surface area contributed by atoms with Crippen molar-refractivity contribution in [1.29, 1.82) is 0 Å². The van der Waals surface area contributed by atoms with E-state index in [1.54, 1.807) is 18.2 Å². The van der Waals surface area contributed by atoms with Crippen molar-refractivity contribution in [3.8, 4) is 0 Å². The highest BCUT2D eigenvalue weighted by molar-refractivity contribution is 5.77. The third kappa shape index (κ3) is 1.25. The molecule has 0 aromatic heterocycles. The van der Waals surface area contributed by atoms with Gasteiger partial charge in [0.25, 0.3) is 5.69 Å². The van der Waals surface area contributed by atoms with Gasteiger partial charge >= 0.3 is 0 Å². The Morgan fingerprint density at radius 2 is 2.00 bits per heavy atom. The fourth-order valence-corrected chi connectivity index (χ4v) is 1.54. The fourth-order valence-electron chi connectivity index (χ4n) is 1.54. The molecule has 0 aliphatic heterocycles.